The summed E-state index contributed by atoms with van der Waals surface area (Å²) in [7, 11) is 0. The van der Waals surface area contributed by atoms with Gasteiger partial charge in [0.15, 0.2) is 0 Å². The van der Waals surface area contributed by atoms with Gasteiger partial charge < -0.3 is 19.7 Å². The molecule has 0 aliphatic carbocycles. The third kappa shape index (κ3) is 2.57. The number of aliphatic hydroxyl groups excluding tert-OH is 1. The van der Waals surface area contributed by atoms with Gasteiger partial charge in [-0.25, -0.2) is 0 Å². The van der Waals surface area contributed by atoms with Crippen LogP contribution in [0, 0.1) is 0 Å². The molecule has 18 heavy (non-hydrogen) atoms. The summed E-state index contributed by atoms with van der Waals surface area (Å²) in [5, 5.41) is 12.2. The van der Waals surface area contributed by atoms with Gasteiger partial charge in [-0.15, -0.1) is 0 Å². The van der Waals surface area contributed by atoms with Gasteiger partial charge in [0.2, 0.25) is 5.91 Å². The van der Waals surface area contributed by atoms with Crippen molar-refractivity contribution in [1.82, 2.24) is 10.2 Å². The van der Waals surface area contributed by atoms with Crippen molar-refractivity contribution < 1.29 is 14.3 Å². The van der Waals surface area contributed by atoms with Crippen LogP contribution in [0.5, 0.6) is 0 Å². The monoisotopic (exact) mass is 252 g/mol. The molecular formula is C13H20N2O3. The van der Waals surface area contributed by atoms with E-state index < -0.39 is 0 Å². The van der Waals surface area contributed by atoms with E-state index >= 15 is 0 Å². The van der Waals surface area contributed by atoms with Crippen molar-refractivity contribution in [3.05, 3.63) is 24.2 Å². The normalized spacial score (nSPS) is 23.4. The van der Waals surface area contributed by atoms with Gasteiger partial charge in [0.25, 0.3) is 0 Å². The fourth-order valence-corrected chi connectivity index (χ4v) is 2.25. The largest absolute Gasteiger partial charge is 0.467 e. The highest BCUT2D eigenvalue weighted by Gasteiger charge is 2.39. The highest BCUT2D eigenvalue weighted by atomic mass is 16.3. The number of nitrogens with zero attached hydrogens (tertiary/aromatic N) is 1. The smallest absolute Gasteiger partial charge is 0.240 e. The van der Waals surface area contributed by atoms with Crippen molar-refractivity contribution in [1.29, 1.82) is 0 Å². The molecule has 0 spiro atoms. The molecule has 5 heteroatoms. The van der Waals surface area contributed by atoms with Crippen LogP contribution in [0.25, 0.3) is 0 Å². The predicted octanol–water partition coefficient (Wildman–Crippen LogP) is 0.741. The summed E-state index contributed by atoms with van der Waals surface area (Å²) in [6.45, 7) is 5.25. The van der Waals surface area contributed by atoms with Crippen LogP contribution in [0.2, 0.25) is 0 Å². The quantitative estimate of drug-likeness (QED) is 0.829. The first-order valence-electron chi connectivity index (χ1n) is 6.23. The summed E-state index contributed by atoms with van der Waals surface area (Å²) in [4.78, 5) is 14.2. The van der Waals surface area contributed by atoms with Gasteiger partial charge >= 0.3 is 0 Å². The highest BCUT2D eigenvalue weighted by Crippen LogP contribution is 2.23. The van der Waals surface area contributed by atoms with E-state index in [1.165, 1.54) is 0 Å². The first-order valence-corrected chi connectivity index (χ1v) is 6.23. The molecule has 0 bridgehead atoms. The molecule has 100 valence electrons. The number of furan rings is 1. The molecule has 1 atom stereocenters. The van der Waals surface area contributed by atoms with E-state index in [2.05, 4.69) is 5.32 Å². The van der Waals surface area contributed by atoms with Crippen molar-refractivity contribution in [2.24, 2.45) is 0 Å². The topological polar surface area (TPSA) is 65.7 Å². The zero-order valence-corrected chi connectivity index (χ0v) is 10.8. The molecule has 0 radical (unpaired) electrons. The van der Waals surface area contributed by atoms with Crippen molar-refractivity contribution >= 4 is 5.91 Å². The first-order chi connectivity index (χ1) is 8.54. The molecule has 1 saturated heterocycles. The van der Waals surface area contributed by atoms with Gasteiger partial charge in [0.05, 0.1) is 24.4 Å². The molecule has 2 heterocycles. The summed E-state index contributed by atoms with van der Waals surface area (Å²) < 4.78 is 5.31. The van der Waals surface area contributed by atoms with E-state index in [1.54, 1.807) is 6.26 Å². The van der Waals surface area contributed by atoms with Gasteiger partial charge in [-0.05, 0) is 32.4 Å². The second kappa shape index (κ2) is 5.12. The van der Waals surface area contributed by atoms with Crippen molar-refractivity contribution in [3.8, 4) is 0 Å². The molecule has 0 aromatic carbocycles. The van der Waals surface area contributed by atoms with E-state index in [0.717, 1.165) is 5.76 Å². The van der Waals surface area contributed by atoms with Gasteiger partial charge in [0.1, 0.15) is 5.76 Å². The number of aliphatic hydroxyl groups is 1. The number of carbonyl (C=O) groups is 1. The number of carbonyl (C=O) groups excluding carboxylic acids is 1. The lowest BCUT2D eigenvalue weighted by Gasteiger charge is -2.45. The van der Waals surface area contributed by atoms with Gasteiger partial charge in [0, 0.05) is 13.2 Å². The average molecular weight is 252 g/mol. The number of piperazine rings is 1. The predicted molar refractivity (Wildman–Crippen MR) is 66.8 cm³/mol. The molecule has 1 fully saturated rings. The molecule has 1 aliphatic rings. The number of hydrogen-bond acceptors (Lipinski definition) is 4. The van der Waals surface area contributed by atoms with Crippen LogP contribution in [0.3, 0.4) is 0 Å². The standard InChI is InChI=1S/C13H20N2O3/c1-13(2)9-14-11(5-6-16)12(17)15(13)8-10-4-3-7-18-10/h3-4,7,11,14,16H,5-6,8-9H2,1-2H3. The van der Waals surface area contributed by atoms with Crippen molar-refractivity contribution in [2.75, 3.05) is 13.2 Å². The lowest BCUT2D eigenvalue weighted by Crippen LogP contribution is -2.64. The van der Waals surface area contributed by atoms with Gasteiger partial charge in [-0.1, -0.05) is 0 Å². The fraction of sp³-hybridized carbons (Fsp3) is 0.615. The van der Waals surface area contributed by atoms with Gasteiger partial charge in [-0.2, -0.15) is 0 Å². The van der Waals surface area contributed by atoms with Crippen LogP contribution < -0.4 is 5.32 Å². The summed E-state index contributed by atoms with van der Waals surface area (Å²) in [6, 6.07) is 3.39. The molecule has 0 saturated carbocycles. The minimum Gasteiger partial charge on any atom is -0.467 e. The Morgan fingerprint density at radius 2 is 2.39 bits per heavy atom. The van der Waals surface area contributed by atoms with Crippen molar-refractivity contribution in [2.45, 2.75) is 38.4 Å². The molecule has 2 N–H and O–H groups in total. The molecule has 1 amide bonds. The van der Waals surface area contributed by atoms with Crippen molar-refractivity contribution in [3.63, 3.8) is 0 Å². The average Bonchev–Trinajstić information content (AvgIpc) is 2.81. The first kappa shape index (κ1) is 13.1. The molecule has 1 aromatic rings. The van der Waals surface area contributed by atoms with Crippen LogP contribution in [0.1, 0.15) is 26.0 Å². The fourth-order valence-electron chi connectivity index (χ4n) is 2.25. The molecule has 1 unspecified atom stereocenters. The number of hydrogen-bond donors (Lipinski definition) is 2. The molecule has 1 aliphatic heterocycles. The van der Waals surface area contributed by atoms with Crippen LogP contribution >= 0.6 is 0 Å². The van der Waals surface area contributed by atoms with Crippen LogP contribution in [0.4, 0.5) is 0 Å². The zero-order valence-electron chi connectivity index (χ0n) is 10.8. The van der Waals surface area contributed by atoms with Crippen LogP contribution in [0.15, 0.2) is 22.8 Å². The minimum absolute atomic E-state index is 0.0123. The number of rotatable bonds is 4. The Morgan fingerprint density at radius 1 is 1.61 bits per heavy atom. The van der Waals surface area contributed by atoms with E-state index in [-0.39, 0.29) is 24.1 Å². The van der Waals surface area contributed by atoms with Crippen LogP contribution in [-0.4, -0.2) is 40.6 Å². The number of nitrogens with one attached hydrogen (secondary N) is 1. The minimum atomic E-state index is -0.294. The maximum atomic E-state index is 12.4. The Morgan fingerprint density at radius 3 is 3.00 bits per heavy atom. The Bertz CT molecular complexity index is 400. The summed E-state index contributed by atoms with van der Waals surface area (Å²) in [6.07, 6.45) is 2.06. The molecule has 1 aromatic heterocycles. The molecule has 5 nitrogen and oxygen atoms in total. The second-order valence-electron chi connectivity index (χ2n) is 5.26. The molecule has 2 rings (SSSR count). The second-order valence-corrected chi connectivity index (χ2v) is 5.26. The van der Waals surface area contributed by atoms with E-state index in [4.69, 9.17) is 9.52 Å². The van der Waals surface area contributed by atoms with E-state index in [0.29, 0.717) is 19.5 Å². The Hall–Kier alpha value is -1.33. The summed E-state index contributed by atoms with van der Waals surface area (Å²) in [5.41, 5.74) is -0.254. The summed E-state index contributed by atoms with van der Waals surface area (Å²) in [5.74, 6) is 0.803. The molecular weight excluding hydrogens is 232 g/mol. The lowest BCUT2D eigenvalue weighted by atomic mass is 9.95. The van der Waals surface area contributed by atoms with Gasteiger partial charge in [-0.3, -0.25) is 4.79 Å². The maximum absolute atomic E-state index is 12.4. The SMILES string of the molecule is CC1(C)CNC(CCO)C(=O)N1Cc1ccco1. The zero-order chi connectivity index (χ0) is 13.2. The van der Waals surface area contributed by atoms with E-state index in [9.17, 15) is 4.79 Å². The Labute approximate surface area is 107 Å². The third-order valence-corrected chi connectivity index (χ3v) is 3.39. The maximum Gasteiger partial charge on any atom is 0.240 e. The summed E-state index contributed by atoms with van der Waals surface area (Å²) >= 11 is 0. The third-order valence-electron chi connectivity index (χ3n) is 3.39. The lowest BCUT2D eigenvalue weighted by molar-refractivity contribution is -0.144. The van der Waals surface area contributed by atoms with E-state index in [1.807, 2.05) is 30.9 Å². The Kier molecular flexibility index (Phi) is 3.73. The highest BCUT2D eigenvalue weighted by molar-refractivity contribution is 5.83. The number of amides is 1. The Balaban J connectivity index is 2.14. The van der Waals surface area contributed by atoms with Crippen LogP contribution in [-0.2, 0) is 11.3 Å².